The second kappa shape index (κ2) is 11.3. The van der Waals surface area contributed by atoms with Crippen molar-refractivity contribution in [3.8, 4) is 45.8 Å². The van der Waals surface area contributed by atoms with E-state index in [0.29, 0.717) is 11.6 Å². The molecule has 0 fully saturated rings. The molecule has 2 aliphatic heterocycles. The van der Waals surface area contributed by atoms with E-state index in [1.165, 1.54) is 0 Å². The van der Waals surface area contributed by atoms with E-state index in [0.717, 1.165) is 61.6 Å². The third-order valence-corrected chi connectivity index (χ3v) is 7.38. The zero-order valence-electron chi connectivity index (χ0n) is 22.6. The van der Waals surface area contributed by atoms with Gasteiger partial charge in [-0.25, -0.2) is 0 Å². The number of fused-ring (bicyclic) bond motifs is 5. The van der Waals surface area contributed by atoms with Crippen molar-refractivity contribution in [2.24, 2.45) is 0 Å². The minimum atomic E-state index is 0. The molecule has 8 heteroatoms. The van der Waals surface area contributed by atoms with Crippen LogP contribution < -0.4 is 30.8 Å². The van der Waals surface area contributed by atoms with E-state index >= 15 is 0 Å². The molecule has 0 N–H and O–H groups in total. The average molecular weight is 733 g/mol. The van der Waals surface area contributed by atoms with Crippen LogP contribution >= 0.6 is 0 Å². The molecule has 6 nitrogen and oxygen atoms in total. The molecule has 43 heavy (non-hydrogen) atoms. The van der Waals surface area contributed by atoms with Crippen molar-refractivity contribution in [2.75, 3.05) is 0 Å². The largest absolute Gasteiger partial charge is 0.478 e. The van der Waals surface area contributed by atoms with Crippen LogP contribution in [0.5, 0.6) is 23.0 Å². The smallest absolute Gasteiger partial charge is 0.208 e. The minimum Gasteiger partial charge on any atom is -0.478 e. The van der Waals surface area contributed by atoms with Gasteiger partial charge in [-0.1, -0.05) is 90.4 Å². The Morgan fingerprint density at radius 1 is 0.628 bits per heavy atom. The van der Waals surface area contributed by atoms with Crippen molar-refractivity contribution in [3.05, 3.63) is 134 Å². The van der Waals surface area contributed by atoms with E-state index in [1.54, 1.807) is 12.4 Å². The first-order valence-electron chi connectivity index (χ1n) is 13.7. The van der Waals surface area contributed by atoms with Crippen LogP contribution in [0.25, 0.3) is 33.8 Å². The summed E-state index contributed by atoms with van der Waals surface area (Å²) in [5.74, 6) is 3.97. The topological polar surface area (TPSA) is 71.2 Å². The fourth-order valence-electron chi connectivity index (χ4n) is 5.49. The molecular weight excluding hydrogens is 711 g/mol. The number of pyridine rings is 2. The number of hydrogen-bond acceptors (Lipinski definition) is 5. The van der Waals surface area contributed by atoms with Crippen LogP contribution in [0.4, 0.5) is 0 Å². The number of nitrogens with zero attached hydrogens (tertiary/aromatic N) is 4. The number of benzene rings is 4. The van der Waals surface area contributed by atoms with Gasteiger partial charge in [0, 0.05) is 44.0 Å². The molecular formula is C35H21BIrN4O2-2. The van der Waals surface area contributed by atoms with Gasteiger partial charge in [0.15, 0.2) is 0 Å². The van der Waals surface area contributed by atoms with Crippen LogP contribution in [0.2, 0.25) is 0 Å². The Morgan fingerprint density at radius 3 is 1.95 bits per heavy atom. The van der Waals surface area contributed by atoms with E-state index < -0.39 is 0 Å². The summed E-state index contributed by atoms with van der Waals surface area (Å²) >= 11 is 0. The van der Waals surface area contributed by atoms with Crippen molar-refractivity contribution in [1.82, 2.24) is 19.9 Å². The molecule has 0 bridgehead atoms. The Morgan fingerprint density at radius 2 is 1.26 bits per heavy atom. The summed E-state index contributed by atoms with van der Waals surface area (Å²) < 4.78 is 12.5. The maximum absolute atomic E-state index is 6.27. The standard InChI is InChI=1S/C23H13BNO2.C12H8N3.Ir/c1-3-10-19-16(7-1)24-17-8-2-4-11-20(17)27-22-14-15(13-21(26-19)23(22)24)18-9-5-6-12-25-18;1-2-6-10-9(5-1)14-12(15-10)11-7-3-4-8-13-11;/h1-13H;1-8H;/q2*-1;. The molecule has 0 saturated carbocycles. The van der Waals surface area contributed by atoms with Crippen LogP contribution in [0.15, 0.2) is 128 Å². The van der Waals surface area contributed by atoms with Crippen molar-refractivity contribution >= 4 is 34.1 Å². The molecule has 7 aromatic rings. The number of aromatic nitrogens is 4. The van der Waals surface area contributed by atoms with Gasteiger partial charge in [0.05, 0.1) is 5.69 Å². The molecule has 0 aliphatic carbocycles. The Balaban J connectivity index is 0.000000160. The van der Waals surface area contributed by atoms with Crippen LogP contribution in [0.1, 0.15) is 0 Å². The SMILES string of the molecule is [Ir].[c-]1c(-c2ccccn2)cc2c3c1Oc1ccccc1B3c1ccccc1O2.c1ccc(-c2nc3ccccc3[n-]2)nc1. The van der Waals surface area contributed by atoms with Gasteiger partial charge in [0.25, 0.3) is 0 Å². The Labute approximate surface area is 262 Å². The predicted octanol–water partition coefficient (Wildman–Crippen LogP) is 5.53. The van der Waals surface area contributed by atoms with E-state index in [4.69, 9.17) is 9.47 Å². The molecule has 9 rings (SSSR count). The van der Waals surface area contributed by atoms with Gasteiger partial charge < -0.3 is 24.4 Å². The Bertz CT molecular complexity index is 1960. The van der Waals surface area contributed by atoms with Crippen molar-refractivity contribution in [1.29, 1.82) is 0 Å². The average Bonchev–Trinajstić information content (AvgIpc) is 3.50. The summed E-state index contributed by atoms with van der Waals surface area (Å²) in [6.07, 6.45) is 3.53. The first-order valence-corrected chi connectivity index (χ1v) is 13.7. The number of ether oxygens (including phenoxy) is 2. The third-order valence-electron chi connectivity index (χ3n) is 7.38. The second-order valence-electron chi connectivity index (χ2n) is 9.97. The first kappa shape index (κ1) is 26.8. The van der Waals surface area contributed by atoms with Crippen molar-refractivity contribution in [3.63, 3.8) is 0 Å². The molecule has 5 heterocycles. The maximum atomic E-state index is 6.27. The molecule has 0 saturated heterocycles. The molecule has 1 radical (unpaired) electrons. The molecule has 0 amide bonds. The molecule has 3 aromatic heterocycles. The minimum absolute atomic E-state index is 0. The van der Waals surface area contributed by atoms with Crippen molar-refractivity contribution in [2.45, 2.75) is 0 Å². The van der Waals surface area contributed by atoms with E-state index in [9.17, 15) is 0 Å². The summed E-state index contributed by atoms with van der Waals surface area (Å²) in [6, 6.07) is 41.2. The van der Waals surface area contributed by atoms with Gasteiger partial charge in [-0.15, -0.1) is 11.6 Å². The molecule has 207 valence electrons. The van der Waals surface area contributed by atoms with Crippen molar-refractivity contribution < 1.29 is 29.6 Å². The first-order chi connectivity index (χ1) is 20.8. The number of imidazole rings is 1. The van der Waals surface area contributed by atoms with Gasteiger partial charge in [-0.3, -0.25) is 4.98 Å². The maximum Gasteiger partial charge on any atom is 0.208 e. The summed E-state index contributed by atoms with van der Waals surface area (Å²) in [4.78, 5) is 17.5. The van der Waals surface area contributed by atoms with Crippen LogP contribution in [-0.4, -0.2) is 21.7 Å². The monoisotopic (exact) mass is 733 g/mol. The van der Waals surface area contributed by atoms with E-state index in [2.05, 4.69) is 50.3 Å². The summed E-state index contributed by atoms with van der Waals surface area (Å²) in [7, 11) is 0. The summed E-state index contributed by atoms with van der Waals surface area (Å²) in [6.45, 7) is 0.0823. The van der Waals surface area contributed by atoms with Gasteiger partial charge >= 0.3 is 0 Å². The summed E-state index contributed by atoms with van der Waals surface area (Å²) in [5, 5.41) is 0. The third kappa shape index (κ3) is 4.91. The molecule has 0 atom stereocenters. The Kier molecular flexibility index (Phi) is 7.07. The van der Waals surface area contributed by atoms with Gasteiger partial charge in [-0.2, -0.15) is 0 Å². The fraction of sp³-hybridized carbons (Fsp3) is 0. The number of hydrogen-bond donors (Lipinski definition) is 0. The fourth-order valence-corrected chi connectivity index (χ4v) is 5.49. The molecule has 2 aliphatic rings. The molecule has 4 aromatic carbocycles. The normalized spacial score (nSPS) is 11.9. The quantitative estimate of drug-likeness (QED) is 0.172. The Hall–Kier alpha value is -5.04. The van der Waals surface area contributed by atoms with Crippen LogP contribution in [0.3, 0.4) is 0 Å². The van der Waals surface area contributed by atoms with Gasteiger partial charge in [0.1, 0.15) is 11.5 Å². The van der Waals surface area contributed by atoms with Gasteiger partial charge in [0.2, 0.25) is 6.71 Å². The second-order valence-corrected chi connectivity index (χ2v) is 9.97. The van der Waals surface area contributed by atoms with Crippen LogP contribution in [-0.2, 0) is 20.1 Å². The van der Waals surface area contributed by atoms with E-state index in [1.807, 2.05) is 91.0 Å². The van der Waals surface area contributed by atoms with Crippen LogP contribution in [0, 0.1) is 6.07 Å². The zero-order chi connectivity index (χ0) is 27.9. The van der Waals surface area contributed by atoms with Gasteiger partial charge in [-0.05, 0) is 63.8 Å². The molecule has 0 spiro atoms. The molecule has 0 unspecified atom stereocenters. The number of rotatable bonds is 2. The summed E-state index contributed by atoms with van der Waals surface area (Å²) in [5.41, 5.74) is 7.69. The van der Waals surface area contributed by atoms with E-state index in [-0.39, 0.29) is 26.8 Å². The zero-order valence-corrected chi connectivity index (χ0v) is 25.0. The number of para-hydroxylation sites is 4. The predicted molar refractivity (Wildman–Crippen MR) is 164 cm³/mol.